The Morgan fingerprint density at radius 2 is 1.54 bits per heavy atom. The van der Waals surface area contributed by atoms with E-state index in [9.17, 15) is 0 Å². The lowest BCUT2D eigenvalue weighted by molar-refractivity contribution is 0.429. The zero-order valence-corrected chi connectivity index (χ0v) is 15.6. The fraction of sp³-hybridized carbons (Fsp3) is 0.211. The van der Waals surface area contributed by atoms with E-state index in [1.165, 1.54) is 21.4 Å². The van der Waals surface area contributed by atoms with Gasteiger partial charge in [-0.25, -0.2) is 4.31 Å². The highest BCUT2D eigenvalue weighted by Crippen LogP contribution is 2.29. The van der Waals surface area contributed by atoms with Crippen LogP contribution in [0.1, 0.15) is 0 Å². The Balaban J connectivity index is 1.41. The number of piperazine rings is 1. The first-order valence-electron chi connectivity index (χ1n) is 8.05. The predicted octanol–water partition coefficient (Wildman–Crippen LogP) is 4.83. The molecule has 1 saturated heterocycles. The number of halogens is 1. The van der Waals surface area contributed by atoms with Crippen LogP contribution in [0.25, 0.3) is 10.8 Å². The Morgan fingerprint density at radius 3 is 2.33 bits per heavy atom. The first kappa shape index (κ1) is 15.9. The topological polar surface area (TPSA) is 19.4 Å². The van der Waals surface area contributed by atoms with Crippen LogP contribution in [0.3, 0.4) is 0 Å². The molecular weight excluding hydrogens is 382 g/mol. The van der Waals surface area contributed by atoms with Gasteiger partial charge in [-0.2, -0.15) is 0 Å². The minimum Gasteiger partial charge on any atom is -0.369 e. The van der Waals surface area contributed by atoms with Crippen LogP contribution < -0.4 is 4.90 Å². The fourth-order valence-electron chi connectivity index (χ4n) is 2.99. The molecule has 0 bridgehead atoms. The summed E-state index contributed by atoms with van der Waals surface area (Å²) in [4.78, 5) is 7.83. The molecule has 0 radical (unpaired) electrons. The van der Waals surface area contributed by atoms with E-state index in [1.807, 2.05) is 24.3 Å². The molecule has 1 aliphatic heterocycles. The third kappa shape index (κ3) is 3.58. The summed E-state index contributed by atoms with van der Waals surface area (Å²) in [6.45, 7) is 4.23. The molecule has 1 aliphatic rings. The summed E-state index contributed by atoms with van der Waals surface area (Å²) in [5.74, 6) is 0. The van der Waals surface area contributed by atoms with Gasteiger partial charge in [0.2, 0.25) is 0 Å². The average Bonchev–Trinajstić information content (AvgIpc) is 2.63. The third-order valence-corrected chi connectivity index (χ3v) is 5.86. The van der Waals surface area contributed by atoms with E-state index in [2.05, 4.69) is 78.6 Å². The van der Waals surface area contributed by atoms with Crippen molar-refractivity contribution in [3.8, 4) is 0 Å². The molecule has 0 saturated carbocycles. The quantitative estimate of drug-likeness (QED) is 0.587. The van der Waals surface area contributed by atoms with Crippen LogP contribution in [0.2, 0.25) is 0 Å². The van der Waals surface area contributed by atoms with Gasteiger partial charge < -0.3 is 4.90 Å². The van der Waals surface area contributed by atoms with E-state index in [0.29, 0.717) is 0 Å². The summed E-state index contributed by atoms with van der Waals surface area (Å²) in [5, 5.41) is 2.56. The number of nitrogens with zero attached hydrogens (tertiary/aromatic N) is 3. The maximum atomic E-state index is 4.10. The Bertz CT molecular complexity index is 832. The van der Waals surface area contributed by atoms with Crippen LogP contribution >= 0.6 is 27.9 Å². The summed E-state index contributed by atoms with van der Waals surface area (Å²) < 4.78 is 3.58. The number of pyridine rings is 1. The first-order valence-corrected chi connectivity index (χ1v) is 9.62. The van der Waals surface area contributed by atoms with Crippen LogP contribution in [0.15, 0.2) is 70.3 Å². The highest BCUT2D eigenvalue weighted by Gasteiger charge is 2.18. The number of benzene rings is 2. The average molecular weight is 400 g/mol. The fourth-order valence-corrected chi connectivity index (χ4v) is 4.32. The zero-order chi connectivity index (χ0) is 16.4. The van der Waals surface area contributed by atoms with Crippen molar-refractivity contribution in [2.75, 3.05) is 31.1 Å². The molecular formula is C19H18BrN3S. The molecule has 1 aromatic heterocycles. The number of hydrogen-bond acceptors (Lipinski definition) is 4. The van der Waals surface area contributed by atoms with Gasteiger partial charge in [-0.05, 0) is 59.1 Å². The molecule has 2 aromatic carbocycles. The molecule has 24 heavy (non-hydrogen) atoms. The largest absolute Gasteiger partial charge is 0.369 e. The molecule has 4 rings (SSSR count). The van der Waals surface area contributed by atoms with Crippen molar-refractivity contribution >= 4 is 44.3 Å². The lowest BCUT2D eigenvalue weighted by Crippen LogP contribution is -2.43. The molecule has 0 N–H and O–H groups in total. The molecule has 1 fully saturated rings. The summed E-state index contributed by atoms with van der Waals surface area (Å²) in [7, 11) is 0. The SMILES string of the molecule is Brc1ccc2cc(SN3CCN(c4ccncc4)CC3)ccc2c1. The second-order valence-corrected chi connectivity index (χ2v) is 7.95. The minimum absolute atomic E-state index is 1.05. The maximum Gasteiger partial charge on any atom is 0.0397 e. The molecule has 0 amide bonds. The lowest BCUT2D eigenvalue weighted by Gasteiger charge is -2.35. The molecule has 0 aliphatic carbocycles. The van der Waals surface area contributed by atoms with Gasteiger partial charge in [0.15, 0.2) is 0 Å². The van der Waals surface area contributed by atoms with Gasteiger partial charge in [0.05, 0.1) is 0 Å². The molecule has 3 aromatic rings. The van der Waals surface area contributed by atoms with Crippen molar-refractivity contribution in [2.45, 2.75) is 4.90 Å². The number of hydrogen-bond donors (Lipinski definition) is 0. The van der Waals surface area contributed by atoms with Crippen LogP contribution in [-0.2, 0) is 0 Å². The van der Waals surface area contributed by atoms with E-state index in [-0.39, 0.29) is 0 Å². The van der Waals surface area contributed by atoms with Crippen molar-refractivity contribution in [1.82, 2.24) is 9.29 Å². The summed E-state index contributed by atoms with van der Waals surface area (Å²) in [6.07, 6.45) is 3.73. The van der Waals surface area contributed by atoms with E-state index in [1.54, 1.807) is 0 Å². The number of fused-ring (bicyclic) bond motifs is 1. The lowest BCUT2D eigenvalue weighted by atomic mass is 10.1. The molecule has 122 valence electrons. The van der Waals surface area contributed by atoms with Gasteiger partial charge >= 0.3 is 0 Å². The van der Waals surface area contributed by atoms with Crippen LogP contribution in [-0.4, -0.2) is 35.5 Å². The molecule has 3 nitrogen and oxygen atoms in total. The van der Waals surface area contributed by atoms with E-state index < -0.39 is 0 Å². The van der Waals surface area contributed by atoms with Crippen molar-refractivity contribution < 1.29 is 0 Å². The molecule has 5 heteroatoms. The van der Waals surface area contributed by atoms with Gasteiger partial charge in [-0.15, -0.1) is 0 Å². The summed E-state index contributed by atoms with van der Waals surface area (Å²) in [5.41, 5.74) is 1.27. The van der Waals surface area contributed by atoms with Crippen LogP contribution in [0, 0.1) is 0 Å². The first-order chi connectivity index (χ1) is 11.8. The normalized spacial score (nSPS) is 15.8. The predicted molar refractivity (Wildman–Crippen MR) is 106 cm³/mol. The van der Waals surface area contributed by atoms with E-state index >= 15 is 0 Å². The Hall–Kier alpha value is -1.56. The minimum atomic E-state index is 1.05. The Kier molecular flexibility index (Phi) is 4.74. The Labute approximate surface area is 154 Å². The van der Waals surface area contributed by atoms with Crippen LogP contribution in [0.4, 0.5) is 5.69 Å². The molecule has 2 heterocycles. The highest BCUT2D eigenvalue weighted by molar-refractivity contribution is 9.10. The standard InChI is InChI=1S/C19H18BrN3S/c20-17-3-1-16-14-19(4-2-15(16)13-17)24-23-11-9-22(10-12-23)18-5-7-21-8-6-18/h1-8,13-14H,9-12H2. The third-order valence-electron chi connectivity index (χ3n) is 4.27. The number of aromatic nitrogens is 1. The van der Waals surface area contributed by atoms with E-state index in [0.717, 1.165) is 30.7 Å². The molecule has 0 unspecified atom stereocenters. The van der Waals surface area contributed by atoms with Gasteiger partial charge in [-0.3, -0.25) is 4.98 Å². The van der Waals surface area contributed by atoms with Crippen molar-refractivity contribution in [3.05, 3.63) is 65.4 Å². The second kappa shape index (κ2) is 7.13. The summed E-state index contributed by atoms with van der Waals surface area (Å²) in [6, 6.07) is 17.3. The van der Waals surface area contributed by atoms with Crippen molar-refractivity contribution in [2.24, 2.45) is 0 Å². The maximum absolute atomic E-state index is 4.10. The second-order valence-electron chi connectivity index (χ2n) is 5.87. The number of anilines is 1. The molecule has 0 atom stereocenters. The molecule has 0 spiro atoms. The highest BCUT2D eigenvalue weighted by atomic mass is 79.9. The van der Waals surface area contributed by atoms with Crippen molar-refractivity contribution in [1.29, 1.82) is 0 Å². The zero-order valence-electron chi connectivity index (χ0n) is 13.2. The van der Waals surface area contributed by atoms with Crippen LogP contribution in [0.5, 0.6) is 0 Å². The van der Waals surface area contributed by atoms with Gasteiger partial charge in [0, 0.05) is 53.6 Å². The smallest absolute Gasteiger partial charge is 0.0397 e. The Morgan fingerprint density at radius 1 is 0.833 bits per heavy atom. The van der Waals surface area contributed by atoms with Gasteiger partial charge in [0.1, 0.15) is 0 Å². The number of rotatable bonds is 3. The van der Waals surface area contributed by atoms with Gasteiger partial charge in [0.25, 0.3) is 0 Å². The van der Waals surface area contributed by atoms with E-state index in [4.69, 9.17) is 0 Å². The van der Waals surface area contributed by atoms with Crippen molar-refractivity contribution in [3.63, 3.8) is 0 Å². The summed E-state index contributed by atoms with van der Waals surface area (Å²) >= 11 is 5.40. The van der Waals surface area contributed by atoms with Gasteiger partial charge in [-0.1, -0.05) is 28.1 Å². The monoisotopic (exact) mass is 399 g/mol.